The first-order valence-corrected chi connectivity index (χ1v) is 15.6. The van der Waals surface area contributed by atoms with E-state index < -0.39 is 36.9 Å². The number of alkyl halides is 1. The summed E-state index contributed by atoms with van der Waals surface area (Å²) in [6.45, 7) is 0.252. The minimum atomic E-state index is -1.36. The van der Waals surface area contributed by atoms with Crippen LogP contribution in [0.15, 0.2) is 24.3 Å². The van der Waals surface area contributed by atoms with Gasteiger partial charge < -0.3 is 45.1 Å². The van der Waals surface area contributed by atoms with Gasteiger partial charge in [0.2, 0.25) is 5.91 Å². The summed E-state index contributed by atoms with van der Waals surface area (Å²) in [5.74, 6) is 0.289. The van der Waals surface area contributed by atoms with Crippen molar-refractivity contribution in [3.05, 3.63) is 35.4 Å². The van der Waals surface area contributed by atoms with Gasteiger partial charge in [0.1, 0.15) is 31.0 Å². The number of carbonyl (C=O) groups is 3. The topological polar surface area (TPSA) is 165 Å². The third kappa shape index (κ3) is 6.92. The Morgan fingerprint density at radius 3 is 2.70 bits per heavy atom. The lowest BCUT2D eigenvalue weighted by Gasteiger charge is -2.46. The first kappa shape index (κ1) is 29.5. The molecular weight excluding hydrogens is 618 g/mol. The first-order chi connectivity index (χ1) is 19.3. The molecule has 4 aliphatic heterocycles. The molecule has 4 saturated heterocycles. The molecule has 0 bridgehead atoms. The molecule has 0 saturated carbocycles. The summed E-state index contributed by atoms with van der Waals surface area (Å²) in [4.78, 5) is 35.4. The van der Waals surface area contributed by atoms with Crippen LogP contribution >= 0.6 is 27.7 Å². The lowest BCUT2D eigenvalue weighted by atomic mass is 10.0. The van der Waals surface area contributed by atoms with E-state index in [9.17, 15) is 24.6 Å². The van der Waals surface area contributed by atoms with Gasteiger partial charge in [-0.15, -0.1) is 0 Å². The van der Waals surface area contributed by atoms with E-state index in [1.165, 1.54) is 0 Å². The number of ether oxygens (including phenoxy) is 4. The van der Waals surface area contributed by atoms with E-state index >= 15 is 0 Å². The van der Waals surface area contributed by atoms with E-state index in [0.29, 0.717) is 17.2 Å². The number of thioether (sulfide) groups is 1. The molecule has 9 atom stereocenters. The molecule has 12 nitrogen and oxygen atoms in total. The summed E-state index contributed by atoms with van der Waals surface area (Å²) < 4.78 is 22.8. The summed E-state index contributed by atoms with van der Waals surface area (Å²) in [6.07, 6.45) is -3.06. The minimum absolute atomic E-state index is 0.0373. The van der Waals surface area contributed by atoms with Gasteiger partial charge in [0.25, 0.3) is 0 Å². The number of nitrogens with one attached hydrogen (secondary N) is 3. The maximum Gasteiger partial charge on any atom is 0.315 e. The van der Waals surface area contributed by atoms with Crippen molar-refractivity contribution in [2.45, 2.75) is 86.6 Å². The summed E-state index contributed by atoms with van der Waals surface area (Å²) in [7, 11) is 0. The van der Waals surface area contributed by atoms with Gasteiger partial charge in [0, 0.05) is 23.0 Å². The molecule has 1 aromatic carbocycles. The molecule has 14 heteroatoms. The molecule has 2 unspecified atom stereocenters. The van der Waals surface area contributed by atoms with Gasteiger partial charge in [0.15, 0.2) is 12.5 Å². The second kappa shape index (κ2) is 13.4. The molecule has 0 spiro atoms. The van der Waals surface area contributed by atoms with Crippen LogP contribution in [0.5, 0.6) is 0 Å². The number of hydrogen-bond acceptors (Lipinski definition) is 10. The van der Waals surface area contributed by atoms with Crippen molar-refractivity contribution in [1.29, 1.82) is 0 Å². The number of rotatable bonds is 10. The zero-order valence-corrected chi connectivity index (χ0v) is 24.1. The van der Waals surface area contributed by atoms with Crippen LogP contribution in [0, 0.1) is 0 Å². The Morgan fingerprint density at radius 2 is 1.93 bits per heavy atom. The predicted molar refractivity (Wildman–Crippen MR) is 146 cm³/mol. The molecule has 4 aliphatic rings. The fourth-order valence-corrected chi connectivity index (χ4v) is 7.07. The lowest BCUT2D eigenvalue weighted by Crippen LogP contribution is -2.65. The smallest absolute Gasteiger partial charge is 0.315 e. The summed E-state index contributed by atoms with van der Waals surface area (Å²) in [5.41, 5.74) is 1.51. The van der Waals surface area contributed by atoms with Crippen molar-refractivity contribution in [1.82, 2.24) is 16.0 Å². The Morgan fingerprint density at radius 1 is 1.12 bits per heavy atom. The molecule has 0 aromatic heterocycles. The van der Waals surface area contributed by atoms with Crippen LogP contribution in [-0.4, -0.2) is 93.8 Å². The number of fused-ring (bicyclic) bond motifs is 2. The molecule has 1 aromatic rings. The van der Waals surface area contributed by atoms with Crippen molar-refractivity contribution >= 4 is 45.6 Å². The Hall–Kier alpha value is -1.94. The molecule has 3 amide bonds. The average molecular weight is 652 g/mol. The van der Waals surface area contributed by atoms with E-state index in [4.69, 9.17) is 18.9 Å². The largest absolute Gasteiger partial charge is 0.461 e. The fraction of sp³-hybridized carbons (Fsp3) is 0.654. The number of unbranched alkanes of at least 4 members (excludes halogenated alkanes) is 1. The van der Waals surface area contributed by atoms with Crippen molar-refractivity contribution < 1.29 is 43.5 Å². The molecular formula is C26H34BrN3O9S. The maximum atomic E-state index is 12.2. The monoisotopic (exact) mass is 651 g/mol. The third-order valence-electron chi connectivity index (χ3n) is 7.51. The highest BCUT2D eigenvalue weighted by atomic mass is 79.9. The molecule has 0 aliphatic carbocycles. The second-order valence-electron chi connectivity index (χ2n) is 10.3. The quantitative estimate of drug-likeness (QED) is 0.0804. The van der Waals surface area contributed by atoms with E-state index in [2.05, 4.69) is 31.9 Å². The zero-order chi connectivity index (χ0) is 28.2. The van der Waals surface area contributed by atoms with Crippen LogP contribution in [0.1, 0.15) is 43.1 Å². The van der Waals surface area contributed by atoms with Crippen LogP contribution in [0.4, 0.5) is 4.79 Å². The highest BCUT2D eigenvalue weighted by Crippen LogP contribution is 2.34. The fourth-order valence-electron chi connectivity index (χ4n) is 5.36. The number of hydrogen-bond donors (Lipinski definition) is 5. The highest BCUT2D eigenvalue weighted by Gasteiger charge is 2.49. The van der Waals surface area contributed by atoms with Gasteiger partial charge in [-0.25, -0.2) is 4.79 Å². The van der Waals surface area contributed by atoms with Crippen LogP contribution in [0.3, 0.4) is 0 Å². The molecule has 4 fully saturated rings. The average Bonchev–Trinajstić information content (AvgIpc) is 3.52. The van der Waals surface area contributed by atoms with Crippen LogP contribution in [-0.2, 0) is 35.1 Å². The number of amides is 3. The number of benzene rings is 1. The van der Waals surface area contributed by atoms with Crippen LogP contribution in [0.2, 0.25) is 0 Å². The predicted octanol–water partition coefficient (Wildman–Crippen LogP) is 0.827. The number of aliphatic hydroxyl groups is 2. The van der Waals surface area contributed by atoms with Gasteiger partial charge in [-0.3, -0.25) is 9.59 Å². The number of carbonyl (C=O) groups excluding carboxylic acids is 3. The lowest BCUT2D eigenvalue weighted by molar-refractivity contribution is -0.330. The summed E-state index contributed by atoms with van der Waals surface area (Å²) >= 11 is 4.90. The molecule has 220 valence electrons. The Labute approximate surface area is 244 Å². The van der Waals surface area contributed by atoms with Crippen LogP contribution < -0.4 is 16.0 Å². The number of esters is 1. The standard InChI is InChI=1S/C26H34BrN3O9S/c27-9-18(31)29-24-22(34)21(33)23-16(38-24)11-37-25(39-23)14-7-5-13(6-8-14)10-36-19(32)4-2-1-3-17-20-15(12-40-17)28-26(35)30-20/h5-8,15-17,20-25,33-34H,1-4,9-12H2,(H,29,31)(H2,28,30,35)/t15-,16+,17-,20-,21+,22+,23?,24+,25?/m0/s1/i9+1,11+1,16+1,18+1,21+1,22+1,23+1,24+1. The van der Waals surface area contributed by atoms with Crippen molar-refractivity contribution in [3.63, 3.8) is 0 Å². The Kier molecular flexibility index (Phi) is 9.87. The van der Waals surface area contributed by atoms with Gasteiger partial charge in [-0.05, 0) is 18.4 Å². The Balaban J connectivity index is 1.02. The van der Waals surface area contributed by atoms with Gasteiger partial charge in [-0.1, -0.05) is 46.6 Å². The maximum absolute atomic E-state index is 12.2. The SMILES string of the molecule is O=C1N[C@H]2[C@H](CS[C@H]2CCCCC(=O)OCc2ccc(C3O[13CH2][13C@H]4O[13C@@H](N[13C](=O)[13CH2]Br)[13C@H](O)[13C@@H](O)[13CH]4O3)cc2)N1. The van der Waals surface area contributed by atoms with Gasteiger partial charge in [0.05, 0.1) is 24.0 Å². The molecule has 0 radical (unpaired) electrons. The zero-order valence-electron chi connectivity index (χ0n) is 21.7. The van der Waals surface area contributed by atoms with Gasteiger partial charge >= 0.3 is 12.0 Å². The van der Waals surface area contributed by atoms with E-state index in [1.807, 2.05) is 23.9 Å². The minimum Gasteiger partial charge on any atom is -0.461 e. The molecule has 5 N–H and O–H groups in total. The molecule has 4 heterocycles. The number of halogens is 1. The van der Waals surface area contributed by atoms with E-state index in [-0.39, 0.29) is 48.5 Å². The second-order valence-corrected chi connectivity index (χ2v) is 12.1. The van der Waals surface area contributed by atoms with Crippen molar-refractivity contribution in [2.24, 2.45) is 0 Å². The summed E-state index contributed by atoms with van der Waals surface area (Å²) in [5, 5.41) is 29.8. The molecule has 40 heavy (non-hydrogen) atoms. The molecule has 5 rings (SSSR count). The van der Waals surface area contributed by atoms with Crippen LogP contribution in [0.25, 0.3) is 0 Å². The highest BCUT2D eigenvalue weighted by molar-refractivity contribution is 9.09. The number of urea groups is 1. The third-order valence-corrected chi connectivity index (χ3v) is 9.53. The number of aliphatic hydroxyl groups excluding tert-OH is 2. The normalized spacial score (nSPS) is 34.8. The van der Waals surface area contributed by atoms with E-state index in [1.54, 1.807) is 12.1 Å². The van der Waals surface area contributed by atoms with Gasteiger partial charge in [-0.2, -0.15) is 11.8 Å². The van der Waals surface area contributed by atoms with Crippen molar-refractivity contribution in [3.8, 4) is 0 Å². The van der Waals surface area contributed by atoms with E-state index in [0.717, 1.165) is 30.6 Å². The first-order valence-electron chi connectivity index (χ1n) is 13.4. The summed E-state index contributed by atoms with van der Waals surface area (Å²) in [6, 6.07) is 7.51. The Bertz CT molecular complexity index is 1060. The van der Waals surface area contributed by atoms with Crippen molar-refractivity contribution in [2.75, 3.05) is 17.7 Å².